The van der Waals surface area contributed by atoms with Crippen LogP contribution in [0.1, 0.15) is 40.2 Å². The fraction of sp³-hybridized carbons (Fsp3) is 0.400. The van der Waals surface area contributed by atoms with Crippen molar-refractivity contribution in [2.45, 2.75) is 37.8 Å². The summed E-state index contributed by atoms with van der Waals surface area (Å²) in [6.45, 7) is 0.970. The Morgan fingerprint density at radius 3 is 2.74 bits per heavy atom. The third-order valence-corrected chi connectivity index (χ3v) is 5.63. The normalized spacial score (nSPS) is 23.6. The Kier molecular flexibility index (Phi) is 3.63. The van der Waals surface area contributed by atoms with E-state index in [1.54, 1.807) is 0 Å². The molecule has 0 saturated carbocycles. The first-order chi connectivity index (χ1) is 11.2. The van der Waals surface area contributed by atoms with Gasteiger partial charge in [0.25, 0.3) is 0 Å². The SMILES string of the molecule is CN1CCc2ccccc2[C@@H]2c3cc(O)c(CO)cc3CC[C@H]21. The molecule has 3 heteroatoms. The number of aromatic hydroxyl groups is 1. The Hall–Kier alpha value is -1.84. The van der Waals surface area contributed by atoms with E-state index in [9.17, 15) is 10.2 Å². The second-order valence-corrected chi connectivity index (χ2v) is 6.85. The maximum Gasteiger partial charge on any atom is 0.121 e. The van der Waals surface area contributed by atoms with Crippen molar-refractivity contribution in [3.8, 4) is 5.75 Å². The fourth-order valence-electron chi connectivity index (χ4n) is 4.39. The zero-order valence-electron chi connectivity index (χ0n) is 13.5. The molecule has 0 unspecified atom stereocenters. The lowest BCUT2D eigenvalue weighted by Crippen LogP contribution is -2.39. The van der Waals surface area contributed by atoms with Crippen LogP contribution in [0.3, 0.4) is 0 Å². The third kappa shape index (κ3) is 2.35. The van der Waals surface area contributed by atoms with Gasteiger partial charge < -0.3 is 15.1 Å². The summed E-state index contributed by atoms with van der Waals surface area (Å²) < 4.78 is 0. The molecule has 0 aromatic heterocycles. The molecule has 0 radical (unpaired) electrons. The molecule has 1 heterocycles. The first-order valence-corrected chi connectivity index (χ1v) is 8.42. The molecule has 2 atom stereocenters. The number of fused-ring (bicyclic) bond motifs is 5. The van der Waals surface area contributed by atoms with Crippen LogP contribution in [0.4, 0.5) is 0 Å². The molecule has 2 N–H and O–H groups in total. The molecule has 23 heavy (non-hydrogen) atoms. The highest BCUT2D eigenvalue weighted by Gasteiger charge is 2.36. The predicted molar refractivity (Wildman–Crippen MR) is 90.8 cm³/mol. The van der Waals surface area contributed by atoms with Gasteiger partial charge in [0.05, 0.1) is 6.61 Å². The van der Waals surface area contributed by atoms with Crippen LogP contribution in [0.25, 0.3) is 0 Å². The third-order valence-electron chi connectivity index (χ3n) is 5.63. The summed E-state index contributed by atoms with van der Waals surface area (Å²) in [5, 5.41) is 19.7. The van der Waals surface area contributed by atoms with Crippen LogP contribution in [0.15, 0.2) is 36.4 Å². The first-order valence-electron chi connectivity index (χ1n) is 8.42. The van der Waals surface area contributed by atoms with Gasteiger partial charge in [-0.3, -0.25) is 0 Å². The van der Waals surface area contributed by atoms with Gasteiger partial charge in [-0.2, -0.15) is 0 Å². The minimum atomic E-state index is -0.107. The second-order valence-electron chi connectivity index (χ2n) is 6.85. The van der Waals surface area contributed by atoms with Crippen molar-refractivity contribution >= 4 is 0 Å². The van der Waals surface area contributed by atoms with Gasteiger partial charge in [0.15, 0.2) is 0 Å². The van der Waals surface area contributed by atoms with Crippen molar-refractivity contribution in [1.29, 1.82) is 0 Å². The van der Waals surface area contributed by atoms with E-state index in [-0.39, 0.29) is 12.4 Å². The summed E-state index contributed by atoms with van der Waals surface area (Å²) in [5.41, 5.74) is 5.97. The highest BCUT2D eigenvalue weighted by molar-refractivity contribution is 5.51. The Morgan fingerprint density at radius 2 is 1.91 bits per heavy atom. The van der Waals surface area contributed by atoms with Gasteiger partial charge in [0, 0.05) is 24.1 Å². The maximum absolute atomic E-state index is 10.3. The lowest BCUT2D eigenvalue weighted by molar-refractivity contribution is 0.213. The lowest BCUT2D eigenvalue weighted by atomic mass is 9.74. The number of hydrogen-bond acceptors (Lipinski definition) is 3. The van der Waals surface area contributed by atoms with Gasteiger partial charge in [-0.25, -0.2) is 0 Å². The number of rotatable bonds is 1. The van der Waals surface area contributed by atoms with Crippen LogP contribution < -0.4 is 0 Å². The minimum absolute atomic E-state index is 0.107. The van der Waals surface area contributed by atoms with E-state index in [0.717, 1.165) is 25.8 Å². The van der Waals surface area contributed by atoms with E-state index >= 15 is 0 Å². The van der Waals surface area contributed by atoms with Gasteiger partial charge in [0.1, 0.15) is 5.75 Å². The predicted octanol–water partition coefficient (Wildman–Crippen LogP) is 2.82. The molecule has 0 fully saturated rings. The summed E-state index contributed by atoms with van der Waals surface area (Å²) in [6.07, 6.45) is 3.21. The van der Waals surface area contributed by atoms with Crippen LogP contribution in [0.2, 0.25) is 0 Å². The zero-order chi connectivity index (χ0) is 16.0. The number of aliphatic hydroxyl groups excluding tert-OH is 1. The Bertz CT molecular complexity index is 740. The molecule has 2 aliphatic rings. The Balaban J connectivity index is 1.91. The average molecular weight is 309 g/mol. The molecule has 1 aliphatic carbocycles. The molecule has 2 aromatic rings. The minimum Gasteiger partial charge on any atom is -0.508 e. The molecule has 120 valence electrons. The van der Waals surface area contributed by atoms with Gasteiger partial charge in [-0.1, -0.05) is 24.3 Å². The number of hydrogen-bond donors (Lipinski definition) is 2. The molecule has 2 aromatic carbocycles. The standard InChI is InChI=1S/C20H23NO2/c1-21-9-8-13-4-2-3-5-16(13)20-17-11-19(23)15(12-22)10-14(17)6-7-18(20)21/h2-5,10-11,18,20,22-23H,6-9,12H2,1H3/t18-,20-/m1/s1. The topological polar surface area (TPSA) is 43.7 Å². The quantitative estimate of drug-likeness (QED) is 0.851. The number of aryl methyl sites for hydroxylation is 1. The largest absolute Gasteiger partial charge is 0.508 e. The van der Waals surface area contributed by atoms with E-state index < -0.39 is 0 Å². The molecule has 0 saturated heterocycles. The van der Waals surface area contributed by atoms with Crippen molar-refractivity contribution in [3.05, 3.63) is 64.2 Å². The summed E-state index contributed by atoms with van der Waals surface area (Å²) in [7, 11) is 2.22. The summed E-state index contributed by atoms with van der Waals surface area (Å²) >= 11 is 0. The van der Waals surface area contributed by atoms with Crippen molar-refractivity contribution in [3.63, 3.8) is 0 Å². The van der Waals surface area contributed by atoms with Crippen molar-refractivity contribution in [2.75, 3.05) is 13.6 Å². The second kappa shape index (κ2) is 5.66. The summed E-state index contributed by atoms with van der Waals surface area (Å²) in [5.74, 6) is 0.525. The molecule has 0 spiro atoms. The van der Waals surface area contributed by atoms with Crippen molar-refractivity contribution in [2.24, 2.45) is 0 Å². The highest BCUT2D eigenvalue weighted by atomic mass is 16.3. The van der Waals surface area contributed by atoms with E-state index in [4.69, 9.17) is 0 Å². The highest BCUT2D eigenvalue weighted by Crippen LogP contribution is 2.43. The van der Waals surface area contributed by atoms with Crippen LogP contribution in [0, 0.1) is 0 Å². The Labute approximate surface area is 137 Å². The maximum atomic E-state index is 10.3. The molecular formula is C20H23NO2. The average Bonchev–Trinajstić information content (AvgIpc) is 2.72. The van der Waals surface area contributed by atoms with E-state index in [1.165, 1.54) is 22.3 Å². The molecule has 3 nitrogen and oxygen atoms in total. The van der Waals surface area contributed by atoms with Gasteiger partial charge >= 0.3 is 0 Å². The van der Waals surface area contributed by atoms with Crippen LogP contribution in [0.5, 0.6) is 5.75 Å². The molecular weight excluding hydrogens is 286 g/mol. The molecule has 1 aliphatic heterocycles. The summed E-state index contributed by atoms with van der Waals surface area (Å²) in [6, 6.07) is 13.1. The lowest BCUT2D eigenvalue weighted by Gasteiger charge is -2.38. The molecule has 0 amide bonds. The van der Waals surface area contributed by atoms with Gasteiger partial charge in [-0.15, -0.1) is 0 Å². The van der Waals surface area contributed by atoms with E-state index in [2.05, 4.69) is 36.2 Å². The van der Waals surface area contributed by atoms with E-state index in [1.807, 2.05) is 12.1 Å². The molecule has 0 bridgehead atoms. The molecule has 4 rings (SSSR count). The number of aliphatic hydroxyl groups is 1. The van der Waals surface area contributed by atoms with Crippen LogP contribution >= 0.6 is 0 Å². The smallest absolute Gasteiger partial charge is 0.121 e. The van der Waals surface area contributed by atoms with Gasteiger partial charge in [-0.05, 0) is 60.7 Å². The van der Waals surface area contributed by atoms with Crippen LogP contribution in [-0.4, -0.2) is 34.7 Å². The number of likely N-dealkylation sites (N-methyl/N-ethyl adjacent to an activating group) is 1. The zero-order valence-corrected chi connectivity index (χ0v) is 13.5. The number of phenols is 1. The monoisotopic (exact) mass is 309 g/mol. The number of benzene rings is 2. The first kappa shape index (κ1) is 14.7. The van der Waals surface area contributed by atoms with E-state index in [0.29, 0.717) is 17.5 Å². The number of nitrogens with zero attached hydrogens (tertiary/aromatic N) is 1. The van der Waals surface area contributed by atoms with Crippen molar-refractivity contribution in [1.82, 2.24) is 4.90 Å². The Morgan fingerprint density at radius 1 is 1.09 bits per heavy atom. The van der Waals surface area contributed by atoms with Crippen LogP contribution in [-0.2, 0) is 19.4 Å². The fourth-order valence-corrected chi connectivity index (χ4v) is 4.39. The summed E-state index contributed by atoms with van der Waals surface area (Å²) in [4.78, 5) is 2.48. The van der Waals surface area contributed by atoms with Crippen molar-refractivity contribution < 1.29 is 10.2 Å². The van der Waals surface area contributed by atoms with Gasteiger partial charge in [0.2, 0.25) is 0 Å².